The van der Waals surface area contributed by atoms with E-state index in [-0.39, 0.29) is 23.5 Å². The summed E-state index contributed by atoms with van der Waals surface area (Å²) in [6, 6.07) is 2.51. The van der Waals surface area contributed by atoms with E-state index in [9.17, 15) is 8.78 Å². The smallest absolute Gasteiger partial charge is 0.163 e. The lowest BCUT2D eigenvalue weighted by Crippen LogP contribution is -2.12. The zero-order valence-electron chi connectivity index (χ0n) is 8.47. The van der Waals surface area contributed by atoms with E-state index < -0.39 is 17.7 Å². The van der Waals surface area contributed by atoms with Gasteiger partial charge in [-0.3, -0.25) is 0 Å². The fraction of sp³-hybridized carbons (Fsp3) is 0.273. The molecular weight excluding hydrogens is 220 g/mol. The van der Waals surface area contributed by atoms with Crippen molar-refractivity contribution in [2.45, 2.75) is 19.4 Å². The molecule has 0 aliphatic heterocycles. The number of nitrogens with two attached hydrogens (primary N) is 1. The molecule has 0 amide bonds. The highest BCUT2D eigenvalue weighted by atomic mass is 35.5. The van der Waals surface area contributed by atoms with Crippen LogP contribution in [-0.2, 0) is 0 Å². The minimum absolute atomic E-state index is 0. The molecule has 0 radical (unpaired) electrons. The van der Waals surface area contributed by atoms with Gasteiger partial charge in [0.2, 0.25) is 0 Å². The van der Waals surface area contributed by atoms with Gasteiger partial charge in [0.1, 0.15) is 0 Å². The molecule has 0 aromatic heterocycles. The highest BCUT2D eigenvalue weighted by molar-refractivity contribution is 5.85. The summed E-state index contributed by atoms with van der Waals surface area (Å²) in [6.07, 6.45) is 2.02. The standard InChI is InChI=1S/C11H13F2N.ClH/c1-3-4-9(14)8-6-5-7(2)10(12)11(8)13;/h3,5-6,9H,1,4,14H2,2H3;1H/t9-;/m0./s1. The van der Waals surface area contributed by atoms with E-state index in [2.05, 4.69) is 6.58 Å². The molecule has 2 N–H and O–H groups in total. The third kappa shape index (κ3) is 3.01. The summed E-state index contributed by atoms with van der Waals surface area (Å²) in [4.78, 5) is 0. The van der Waals surface area contributed by atoms with Crippen LogP contribution in [0.5, 0.6) is 0 Å². The van der Waals surface area contributed by atoms with Crippen molar-refractivity contribution in [3.8, 4) is 0 Å². The van der Waals surface area contributed by atoms with E-state index in [0.29, 0.717) is 6.42 Å². The quantitative estimate of drug-likeness (QED) is 0.797. The second-order valence-electron chi connectivity index (χ2n) is 3.23. The van der Waals surface area contributed by atoms with Crippen LogP contribution in [-0.4, -0.2) is 0 Å². The molecule has 1 nitrogen and oxygen atoms in total. The van der Waals surface area contributed by atoms with Crippen LogP contribution < -0.4 is 5.73 Å². The van der Waals surface area contributed by atoms with Gasteiger partial charge in [0.05, 0.1) is 0 Å². The predicted octanol–water partition coefficient (Wildman–Crippen LogP) is 3.27. The van der Waals surface area contributed by atoms with E-state index in [0.717, 1.165) is 0 Å². The van der Waals surface area contributed by atoms with Crippen molar-refractivity contribution in [1.29, 1.82) is 0 Å². The van der Waals surface area contributed by atoms with Gasteiger partial charge in [-0.2, -0.15) is 0 Å². The van der Waals surface area contributed by atoms with E-state index in [1.165, 1.54) is 19.1 Å². The largest absolute Gasteiger partial charge is 0.324 e. The zero-order chi connectivity index (χ0) is 10.7. The number of hydrogen-bond donors (Lipinski definition) is 1. The van der Waals surface area contributed by atoms with Crippen molar-refractivity contribution in [3.05, 3.63) is 47.5 Å². The van der Waals surface area contributed by atoms with Gasteiger partial charge < -0.3 is 5.73 Å². The maximum absolute atomic E-state index is 13.3. The van der Waals surface area contributed by atoms with Crippen LogP contribution in [0.15, 0.2) is 24.8 Å². The Labute approximate surface area is 94.4 Å². The summed E-state index contributed by atoms with van der Waals surface area (Å²) in [5, 5.41) is 0. The number of aryl methyl sites for hydroxylation is 1. The Morgan fingerprint density at radius 3 is 2.53 bits per heavy atom. The normalized spacial score (nSPS) is 11.7. The van der Waals surface area contributed by atoms with E-state index >= 15 is 0 Å². The minimum Gasteiger partial charge on any atom is -0.324 e. The SMILES string of the molecule is C=CC[C@H](N)c1ccc(C)c(F)c1F.Cl. The van der Waals surface area contributed by atoms with Crippen LogP contribution in [0.3, 0.4) is 0 Å². The van der Waals surface area contributed by atoms with E-state index in [4.69, 9.17) is 5.73 Å². The molecule has 0 saturated carbocycles. The molecular formula is C11H14ClF2N. The first-order valence-corrected chi connectivity index (χ1v) is 4.39. The summed E-state index contributed by atoms with van der Waals surface area (Å²) in [5.74, 6) is -1.67. The number of rotatable bonds is 3. The lowest BCUT2D eigenvalue weighted by Gasteiger charge is -2.11. The average molecular weight is 234 g/mol. The molecule has 1 aromatic rings. The lowest BCUT2D eigenvalue weighted by molar-refractivity contribution is 0.484. The zero-order valence-corrected chi connectivity index (χ0v) is 9.28. The molecule has 0 saturated heterocycles. The Balaban J connectivity index is 0.00000196. The molecule has 0 aliphatic rings. The van der Waals surface area contributed by atoms with Gasteiger partial charge in [-0.05, 0) is 18.9 Å². The summed E-state index contributed by atoms with van der Waals surface area (Å²) >= 11 is 0. The summed E-state index contributed by atoms with van der Waals surface area (Å²) in [6.45, 7) is 5.01. The molecule has 84 valence electrons. The van der Waals surface area contributed by atoms with E-state index in [1.807, 2.05) is 0 Å². The van der Waals surface area contributed by atoms with Gasteiger partial charge in [-0.1, -0.05) is 18.2 Å². The van der Waals surface area contributed by atoms with Crippen molar-refractivity contribution in [1.82, 2.24) is 0 Å². The maximum Gasteiger partial charge on any atom is 0.163 e. The first kappa shape index (κ1) is 14.1. The van der Waals surface area contributed by atoms with Crippen LogP contribution >= 0.6 is 12.4 Å². The molecule has 0 unspecified atom stereocenters. The molecule has 0 spiro atoms. The van der Waals surface area contributed by atoms with Crippen molar-refractivity contribution in [3.63, 3.8) is 0 Å². The number of halogens is 3. The Kier molecular flexibility index (Phi) is 5.47. The van der Waals surface area contributed by atoms with Crippen molar-refractivity contribution >= 4 is 12.4 Å². The van der Waals surface area contributed by atoms with Gasteiger partial charge in [0.15, 0.2) is 11.6 Å². The monoisotopic (exact) mass is 233 g/mol. The van der Waals surface area contributed by atoms with Crippen LogP contribution in [0.2, 0.25) is 0 Å². The number of benzene rings is 1. The van der Waals surface area contributed by atoms with Crippen molar-refractivity contribution < 1.29 is 8.78 Å². The van der Waals surface area contributed by atoms with Gasteiger partial charge in [-0.15, -0.1) is 19.0 Å². The molecule has 1 atom stereocenters. The van der Waals surface area contributed by atoms with Gasteiger partial charge >= 0.3 is 0 Å². The highest BCUT2D eigenvalue weighted by Crippen LogP contribution is 2.22. The van der Waals surface area contributed by atoms with Crippen LogP contribution in [0.4, 0.5) is 8.78 Å². The average Bonchev–Trinajstić information content (AvgIpc) is 2.15. The second kappa shape index (κ2) is 5.83. The Hall–Kier alpha value is -0.930. The van der Waals surface area contributed by atoms with Crippen molar-refractivity contribution in [2.75, 3.05) is 0 Å². The van der Waals surface area contributed by atoms with Crippen LogP contribution in [0.1, 0.15) is 23.6 Å². The van der Waals surface area contributed by atoms with Crippen LogP contribution in [0, 0.1) is 18.6 Å². The second-order valence-corrected chi connectivity index (χ2v) is 3.23. The third-order valence-electron chi connectivity index (χ3n) is 2.13. The molecule has 0 aliphatic carbocycles. The molecule has 15 heavy (non-hydrogen) atoms. The first-order valence-electron chi connectivity index (χ1n) is 4.39. The molecule has 1 aromatic carbocycles. The lowest BCUT2D eigenvalue weighted by atomic mass is 10.0. The Morgan fingerprint density at radius 2 is 2.00 bits per heavy atom. The molecule has 4 heteroatoms. The predicted molar refractivity (Wildman–Crippen MR) is 60.1 cm³/mol. The summed E-state index contributed by atoms with van der Waals surface area (Å²) < 4.78 is 26.5. The van der Waals surface area contributed by atoms with Crippen LogP contribution in [0.25, 0.3) is 0 Å². The summed E-state index contributed by atoms with van der Waals surface area (Å²) in [7, 11) is 0. The molecule has 0 bridgehead atoms. The van der Waals surface area contributed by atoms with Gasteiger partial charge in [-0.25, -0.2) is 8.78 Å². The highest BCUT2D eigenvalue weighted by Gasteiger charge is 2.15. The van der Waals surface area contributed by atoms with E-state index in [1.54, 1.807) is 6.08 Å². The summed E-state index contributed by atoms with van der Waals surface area (Å²) in [5.41, 5.74) is 6.14. The Bertz CT molecular complexity index is 353. The Morgan fingerprint density at radius 1 is 1.40 bits per heavy atom. The maximum atomic E-state index is 13.3. The van der Waals surface area contributed by atoms with Gasteiger partial charge in [0, 0.05) is 11.6 Å². The minimum atomic E-state index is -0.848. The molecule has 0 heterocycles. The molecule has 1 rings (SSSR count). The number of hydrogen-bond acceptors (Lipinski definition) is 1. The first-order chi connectivity index (χ1) is 6.57. The third-order valence-corrected chi connectivity index (χ3v) is 2.13. The molecule has 0 fully saturated rings. The fourth-order valence-corrected chi connectivity index (χ4v) is 1.25. The van der Waals surface area contributed by atoms with Crippen molar-refractivity contribution in [2.24, 2.45) is 5.73 Å². The van der Waals surface area contributed by atoms with Gasteiger partial charge in [0.25, 0.3) is 0 Å². The topological polar surface area (TPSA) is 26.0 Å². The fourth-order valence-electron chi connectivity index (χ4n) is 1.25.